The predicted molar refractivity (Wildman–Crippen MR) is 73.4 cm³/mol. The zero-order chi connectivity index (χ0) is 15.3. The van der Waals surface area contributed by atoms with Crippen molar-refractivity contribution in [2.24, 2.45) is 0 Å². The van der Waals surface area contributed by atoms with Crippen LogP contribution in [0.2, 0.25) is 0 Å². The van der Waals surface area contributed by atoms with Crippen LogP contribution in [0, 0.1) is 0 Å². The van der Waals surface area contributed by atoms with Crippen LogP contribution >= 0.6 is 0 Å². The summed E-state index contributed by atoms with van der Waals surface area (Å²) < 4.78 is 45.0. The standard InChI is InChI=1S/C15H14F3NO2/c1-20-14-4-2-3-12(9-14)19-10-11-5-7-13(8-6-11)21-15(16,17)18/h2-9,19H,10H2,1H3. The topological polar surface area (TPSA) is 30.5 Å². The molecule has 0 aliphatic heterocycles. The first-order valence-electron chi connectivity index (χ1n) is 6.19. The number of benzene rings is 2. The summed E-state index contributed by atoms with van der Waals surface area (Å²) in [7, 11) is 1.58. The Morgan fingerprint density at radius 2 is 1.71 bits per heavy atom. The molecule has 0 aliphatic rings. The fraction of sp³-hybridized carbons (Fsp3) is 0.200. The lowest BCUT2D eigenvalue weighted by Gasteiger charge is -2.10. The average molecular weight is 297 g/mol. The van der Waals surface area contributed by atoms with E-state index in [1.54, 1.807) is 19.2 Å². The molecular weight excluding hydrogens is 283 g/mol. The van der Waals surface area contributed by atoms with E-state index in [1.165, 1.54) is 12.1 Å². The largest absolute Gasteiger partial charge is 0.573 e. The Morgan fingerprint density at radius 3 is 2.33 bits per heavy atom. The molecule has 0 heterocycles. The lowest BCUT2D eigenvalue weighted by molar-refractivity contribution is -0.274. The van der Waals surface area contributed by atoms with Crippen molar-refractivity contribution in [3.8, 4) is 11.5 Å². The van der Waals surface area contributed by atoms with Gasteiger partial charge in [0, 0.05) is 18.3 Å². The van der Waals surface area contributed by atoms with E-state index in [-0.39, 0.29) is 5.75 Å². The first-order chi connectivity index (χ1) is 9.96. The number of anilines is 1. The second-order valence-corrected chi connectivity index (χ2v) is 4.28. The molecule has 6 heteroatoms. The molecule has 112 valence electrons. The van der Waals surface area contributed by atoms with Crippen molar-refractivity contribution < 1.29 is 22.6 Å². The van der Waals surface area contributed by atoms with Crippen molar-refractivity contribution in [3.63, 3.8) is 0 Å². The van der Waals surface area contributed by atoms with Crippen LogP contribution in [0.15, 0.2) is 48.5 Å². The fourth-order valence-corrected chi connectivity index (χ4v) is 1.75. The molecule has 0 radical (unpaired) electrons. The molecule has 2 aromatic carbocycles. The van der Waals surface area contributed by atoms with Crippen LogP contribution in [-0.4, -0.2) is 13.5 Å². The van der Waals surface area contributed by atoms with Crippen LogP contribution in [0.1, 0.15) is 5.56 Å². The van der Waals surface area contributed by atoms with Crippen molar-refractivity contribution in [1.82, 2.24) is 0 Å². The maximum Gasteiger partial charge on any atom is 0.573 e. The lowest BCUT2D eigenvalue weighted by atomic mass is 10.2. The van der Waals surface area contributed by atoms with Gasteiger partial charge in [-0.2, -0.15) is 0 Å². The molecule has 2 aromatic rings. The van der Waals surface area contributed by atoms with E-state index in [9.17, 15) is 13.2 Å². The highest BCUT2D eigenvalue weighted by Gasteiger charge is 2.30. The van der Waals surface area contributed by atoms with Gasteiger partial charge in [0.25, 0.3) is 0 Å². The molecule has 0 saturated heterocycles. The third kappa shape index (κ3) is 4.91. The maximum atomic E-state index is 12.0. The predicted octanol–water partition coefficient (Wildman–Crippen LogP) is 4.21. The van der Waals surface area contributed by atoms with E-state index in [4.69, 9.17) is 4.74 Å². The van der Waals surface area contributed by atoms with Gasteiger partial charge in [-0.3, -0.25) is 0 Å². The first kappa shape index (κ1) is 15.0. The molecule has 0 aliphatic carbocycles. The van der Waals surface area contributed by atoms with Crippen molar-refractivity contribution in [3.05, 3.63) is 54.1 Å². The highest BCUT2D eigenvalue weighted by atomic mass is 19.4. The van der Waals surface area contributed by atoms with Crippen molar-refractivity contribution in [1.29, 1.82) is 0 Å². The second-order valence-electron chi connectivity index (χ2n) is 4.28. The van der Waals surface area contributed by atoms with Crippen LogP contribution in [0.4, 0.5) is 18.9 Å². The number of halogens is 3. The Kier molecular flexibility index (Phi) is 4.57. The summed E-state index contributed by atoms with van der Waals surface area (Å²) in [6, 6.07) is 13.1. The third-order valence-corrected chi connectivity index (χ3v) is 2.72. The molecule has 0 unspecified atom stereocenters. The molecule has 0 bridgehead atoms. The molecule has 0 spiro atoms. The van der Waals surface area contributed by atoms with E-state index >= 15 is 0 Å². The number of hydrogen-bond acceptors (Lipinski definition) is 3. The zero-order valence-corrected chi connectivity index (χ0v) is 11.3. The minimum Gasteiger partial charge on any atom is -0.497 e. The van der Waals surface area contributed by atoms with Crippen LogP contribution in [0.5, 0.6) is 11.5 Å². The van der Waals surface area contributed by atoms with Gasteiger partial charge in [0.05, 0.1) is 7.11 Å². The van der Waals surface area contributed by atoms with E-state index in [2.05, 4.69) is 10.1 Å². The van der Waals surface area contributed by atoms with Gasteiger partial charge in [-0.1, -0.05) is 18.2 Å². The third-order valence-electron chi connectivity index (χ3n) is 2.72. The summed E-state index contributed by atoms with van der Waals surface area (Å²) in [5.41, 5.74) is 1.71. The highest BCUT2D eigenvalue weighted by Crippen LogP contribution is 2.23. The highest BCUT2D eigenvalue weighted by molar-refractivity contribution is 5.48. The fourth-order valence-electron chi connectivity index (χ4n) is 1.75. The SMILES string of the molecule is COc1cccc(NCc2ccc(OC(F)(F)F)cc2)c1. The van der Waals surface area contributed by atoms with Gasteiger partial charge >= 0.3 is 6.36 Å². The normalized spacial score (nSPS) is 11.0. The Balaban J connectivity index is 1.94. The van der Waals surface area contributed by atoms with Crippen LogP contribution < -0.4 is 14.8 Å². The molecule has 3 nitrogen and oxygen atoms in total. The monoisotopic (exact) mass is 297 g/mol. The average Bonchev–Trinajstić information content (AvgIpc) is 2.45. The molecular formula is C15H14F3NO2. The summed E-state index contributed by atoms with van der Waals surface area (Å²) in [6.07, 6.45) is -4.67. The van der Waals surface area contributed by atoms with Gasteiger partial charge in [-0.25, -0.2) is 0 Å². The van der Waals surface area contributed by atoms with Crippen LogP contribution in [0.25, 0.3) is 0 Å². The number of methoxy groups -OCH3 is 1. The number of rotatable bonds is 5. The van der Waals surface area contributed by atoms with Crippen LogP contribution in [0.3, 0.4) is 0 Å². The molecule has 0 fully saturated rings. The van der Waals surface area contributed by atoms with Gasteiger partial charge < -0.3 is 14.8 Å². The van der Waals surface area contributed by atoms with Gasteiger partial charge in [0.1, 0.15) is 11.5 Å². The Morgan fingerprint density at radius 1 is 1.00 bits per heavy atom. The first-order valence-corrected chi connectivity index (χ1v) is 6.19. The number of alkyl halides is 3. The Hall–Kier alpha value is -2.37. The van der Waals surface area contributed by atoms with Gasteiger partial charge in [0.15, 0.2) is 0 Å². The second kappa shape index (κ2) is 6.39. The van der Waals surface area contributed by atoms with Crippen molar-refractivity contribution in [2.45, 2.75) is 12.9 Å². The van der Waals surface area contributed by atoms with Crippen molar-refractivity contribution in [2.75, 3.05) is 12.4 Å². The summed E-state index contributed by atoms with van der Waals surface area (Å²) >= 11 is 0. The van der Waals surface area contributed by atoms with E-state index in [1.807, 2.05) is 24.3 Å². The van der Waals surface area contributed by atoms with Crippen LogP contribution in [-0.2, 0) is 6.54 Å². The molecule has 0 amide bonds. The summed E-state index contributed by atoms with van der Waals surface area (Å²) in [5, 5.41) is 3.16. The number of nitrogens with one attached hydrogen (secondary N) is 1. The molecule has 21 heavy (non-hydrogen) atoms. The minimum absolute atomic E-state index is 0.229. The van der Waals surface area contributed by atoms with Gasteiger partial charge in [-0.05, 0) is 29.8 Å². The van der Waals surface area contributed by atoms with E-state index in [0.29, 0.717) is 6.54 Å². The Bertz CT molecular complexity index is 582. The zero-order valence-electron chi connectivity index (χ0n) is 11.3. The van der Waals surface area contributed by atoms with E-state index < -0.39 is 6.36 Å². The lowest BCUT2D eigenvalue weighted by Crippen LogP contribution is -2.17. The van der Waals surface area contributed by atoms with E-state index in [0.717, 1.165) is 17.0 Å². The molecule has 0 atom stereocenters. The molecule has 2 rings (SSSR count). The maximum absolute atomic E-state index is 12.0. The number of ether oxygens (including phenoxy) is 2. The minimum atomic E-state index is -4.67. The smallest absolute Gasteiger partial charge is 0.497 e. The molecule has 0 saturated carbocycles. The van der Waals surface area contributed by atoms with Crippen molar-refractivity contribution >= 4 is 5.69 Å². The molecule has 0 aromatic heterocycles. The van der Waals surface area contributed by atoms with Gasteiger partial charge in [0.2, 0.25) is 0 Å². The number of hydrogen-bond donors (Lipinski definition) is 1. The summed E-state index contributed by atoms with van der Waals surface area (Å²) in [4.78, 5) is 0. The summed E-state index contributed by atoms with van der Waals surface area (Å²) in [5.74, 6) is 0.501. The Labute approximate surface area is 120 Å². The quantitative estimate of drug-likeness (QED) is 0.897. The van der Waals surface area contributed by atoms with Gasteiger partial charge in [-0.15, -0.1) is 13.2 Å². The summed E-state index contributed by atoms with van der Waals surface area (Å²) in [6.45, 7) is 0.486. The molecule has 1 N–H and O–H groups in total.